The first-order valence-corrected chi connectivity index (χ1v) is 5.21. The number of aliphatic hydroxyl groups is 1. The van der Waals surface area contributed by atoms with Gasteiger partial charge in [-0.15, -0.1) is 0 Å². The van der Waals surface area contributed by atoms with E-state index in [0.717, 1.165) is 19.3 Å². The zero-order chi connectivity index (χ0) is 10.6. The molecule has 5 heteroatoms. The van der Waals surface area contributed by atoms with Crippen LogP contribution in [0.3, 0.4) is 0 Å². The topological polar surface area (TPSA) is 52.6 Å². The normalized spacial score (nSPS) is 20.6. The number of hydrogen-bond acceptors (Lipinski definition) is 3. The third-order valence-electron chi connectivity index (χ3n) is 2.05. The maximum Gasteiger partial charge on any atom is 0.229 e. The quantitative estimate of drug-likeness (QED) is 0.430. The van der Waals surface area contributed by atoms with E-state index in [1.54, 1.807) is 0 Å². The Morgan fingerprint density at radius 2 is 2.43 bits per heavy atom. The van der Waals surface area contributed by atoms with Crippen molar-refractivity contribution in [1.29, 1.82) is 0 Å². The summed E-state index contributed by atoms with van der Waals surface area (Å²) in [4.78, 5) is 12.8. The molecule has 0 bridgehead atoms. The van der Waals surface area contributed by atoms with E-state index in [1.807, 2.05) is 0 Å². The molecule has 1 heterocycles. The fraction of sp³-hybridized carbons (Fsp3) is 0.667. The van der Waals surface area contributed by atoms with Crippen LogP contribution in [-0.2, 0) is 4.79 Å². The smallest absolute Gasteiger partial charge is 0.229 e. The number of unbranched alkanes of at least 4 members (excludes halogenated alkanes) is 2. The van der Waals surface area contributed by atoms with Crippen LogP contribution in [0.5, 0.6) is 0 Å². The Kier molecular flexibility index (Phi) is 4.07. The Labute approximate surface area is 88.5 Å². The molecule has 1 rings (SSSR count). The van der Waals surface area contributed by atoms with Gasteiger partial charge in [0.2, 0.25) is 11.8 Å². The molecular formula is C9H15ClN2O2. The maximum atomic E-state index is 11.5. The van der Waals surface area contributed by atoms with E-state index in [4.69, 9.17) is 16.7 Å². The van der Waals surface area contributed by atoms with Crippen molar-refractivity contribution in [3.05, 3.63) is 12.1 Å². The number of carbonyl (C=O) groups excluding carboxylic acids is 1. The summed E-state index contributed by atoms with van der Waals surface area (Å²) in [6.45, 7) is 2.08. The van der Waals surface area contributed by atoms with Gasteiger partial charge in [0.25, 0.3) is 0 Å². The minimum Gasteiger partial charge on any atom is -0.494 e. The Hall–Kier alpha value is -0.900. The first kappa shape index (κ1) is 11.2. The van der Waals surface area contributed by atoms with Crippen LogP contribution in [0.15, 0.2) is 12.1 Å². The van der Waals surface area contributed by atoms with E-state index in [-0.39, 0.29) is 11.8 Å². The number of nitrogens with one attached hydrogen (secondary N) is 1. The predicted octanol–water partition coefficient (Wildman–Crippen LogP) is 1.88. The molecule has 0 spiro atoms. The van der Waals surface area contributed by atoms with Gasteiger partial charge in [0, 0.05) is 6.42 Å². The van der Waals surface area contributed by atoms with Gasteiger partial charge in [-0.3, -0.25) is 9.69 Å². The fourth-order valence-electron chi connectivity index (χ4n) is 1.28. The van der Waals surface area contributed by atoms with Crippen LogP contribution in [0, 0.1) is 0 Å². The van der Waals surface area contributed by atoms with Crippen molar-refractivity contribution < 1.29 is 9.90 Å². The van der Waals surface area contributed by atoms with Gasteiger partial charge in [0.05, 0.1) is 6.20 Å². The Bertz CT molecular complexity index is 243. The molecular weight excluding hydrogens is 204 g/mol. The fourth-order valence-corrected chi connectivity index (χ4v) is 1.56. The number of amides is 1. The van der Waals surface area contributed by atoms with E-state index in [0.29, 0.717) is 6.42 Å². The second-order valence-electron chi connectivity index (χ2n) is 3.25. The predicted molar refractivity (Wildman–Crippen MR) is 54.5 cm³/mol. The lowest BCUT2D eigenvalue weighted by molar-refractivity contribution is -0.129. The molecule has 0 saturated heterocycles. The number of rotatable bonds is 4. The molecule has 1 atom stereocenters. The Balaban J connectivity index is 2.37. The van der Waals surface area contributed by atoms with Crippen molar-refractivity contribution >= 4 is 17.5 Å². The molecule has 1 aliphatic heterocycles. The highest BCUT2D eigenvalue weighted by molar-refractivity contribution is 6.21. The molecule has 1 unspecified atom stereocenters. The van der Waals surface area contributed by atoms with Crippen molar-refractivity contribution in [2.75, 3.05) is 0 Å². The molecule has 1 aliphatic rings. The summed E-state index contributed by atoms with van der Waals surface area (Å²) < 4.78 is 0. The molecule has 0 aromatic rings. The van der Waals surface area contributed by atoms with Gasteiger partial charge >= 0.3 is 0 Å². The van der Waals surface area contributed by atoms with Crippen molar-refractivity contribution in [2.45, 2.75) is 38.2 Å². The molecule has 0 radical (unpaired) electrons. The van der Waals surface area contributed by atoms with Gasteiger partial charge in [-0.25, -0.2) is 0 Å². The first-order chi connectivity index (χ1) is 6.65. The number of hydrogen-bond donors (Lipinski definition) is 2. The van der Waals surface area contributed by atoms with Crippen molar-refractivity contribution in [3.8, 4) is 0 Å². The van der Waals surface area contributed by atoms with Gasteiger partial charge < -0.3 is 10.4 Å². The highest BCUT2D eigenvalue weighted by Crippen LogP contribution is 2.15. The maximum absolute atomic E-state index is 11.5. The Morgan fingerprint density at radius 1 is 1.71 bits per heavy atom. The van der Waals surface area contributed by atoms with Crippen LogP contribution >= 0.6 is 11.6 Å². The van der Waals surface area contributed by atoms with Gasteiger partial charge in [0.1, 0.15) is 0 Å². The summed E-state index contributed by atoms with van der Waals surface area (Å²) in [5.74, 6) is -0.121. The number of alkyl halides is 1. The summed E-state index contributed by atoms with van der Waals surface area (Å²) >= 11 is 5.76. The molecule has 4 nitrogen and oxygen atoms in total. The average Bonchev–Trinajstić information content (AvgIpc) is 2.45. The minimum atomic E-state index is -0.649. The zero-order valence-electron chi connectivity index (χ0n) is 8.16. The second kappa shape index (κ2) is 5.10. The van der Waals surface area contributed by atoms with Crippen LogP contribution in [0.1, 0.15) is 32.6 Å². The third-order valence-corrected chi connectivity index (χ3v) is 2.37. The lowest BCUT2D eigenvalue weighted by atomic mass is 10.2. The number of nitrogens with zero attached hydrogens (tertiary/aromatic N) is 1. The summed E-state index contributed by atoms with van der Waals surface area (Å²) in [7, 11) is 0. The highest BCUT2D eigenvalue weighted by atomic mass is 35.5. The number of aliphatic hydroxyl groups excluding tert-OH is 1. The first-order valence-electron chi connectivity index (χ1n) is 4.77. The second-order valence-corrected chi connectivity index (χ2v) is 3.67. The lowest BCUT2D eigenvalue weighted by Gasteiger charge is -2.17. The van der Waals surface area contributed by atoms with E-state index in [9.17, 15) is 4.79 Å². The highest BCUT2D eigenvalue weighted by Gasteiger charge is 2.25. The SMILES string of the molecule is CCCCCC(=O)N1C=C(O)NC1Cl. The largest absolute Gasteiger partial charge is 0.494 e. The monoisotopic (exact) mass is 218 g/mol. The molecule has 0 fully saturated rings. The average molecular weight is 219 g/mol. The summed E-state index contributed by atoms with van der Waals surface area (Å²) in [5, 5.41) is 11.6. The van der Waals surface area contributed by atoms with Crippen LogP contribution in [0.25, 0.3) is 0 Å². The van der Waals surface area contributed by atoms with Gasteiger partial charge in [0.15, 0.2) is 5.62 Å². The van der Waals surface area contributed by atoms with E-state index < -0.39 is 5.62 Å². The molecule has 0 saturated carbocycles. The van der Waals surface area contributed by atoms with Gasteiger partial charge in [-0.2, -0.15) is 0 Å². The van der Waals surface area contributed by atoms with Crippen LogP contribution in [-0.4, -0.2) is 21.5 Å². The molecule has 14 heavy (non-hydrogen) atoms. The van der Waals surface area contributed by atoms with Crippen molar-refractivity contribution in [2.24, 2.45) is 0 Å². The third kappa shape index (κ3) is 2.80. The minimum absolute atomic E-state index is 0.0602. The molecule has 0 aliphatic carbocycles. The zero-order valence-corrected chi connectivity index (χ0v) is 8.92. The summed E-state index contributed by atoms with van der Waals surface area (Å²) in [6.07, 6.45) is 4.78. The van der Waals surface area contributed by atoms with Crippen molar-refractivity contribution in [1.82, 2.24) is 10.2 Å². The molecule has 0 aromatic carbocycles. The van der Waals surface area contributed by atoms with Gasteiger partial charge in [-0.05, 0) is 6.42 Å². The van der Waals surface area contributed by atoms with Crippen LogP contribution in [0.4, 0.5) is 0 Å². The lowest BCUT2D eigenvalue weighted by Crippen LogP contribution is -2.35. The van der Waals surface area contributed by atoms with E-state index in [2.05, 4.69) is 12.2 Å². The van der Waals surface area contributed by atoms with Crippen LogP contribution in [0.2, 0.25) is 0 Å². The van der Waals surface area contributed by atoms with Crippen molar-refractivity contribution in [3.63, 3.8) is 0 Å². The molecule has 0 aromatic heterocycles. The van der Waals surface area contributed by atoms with Crippen LogP contribution < -0.4 is 5.32 Å². The van der Waals surface area contributed by atoms with E-state index >= 15 is 0 Å². The summed E-state index contributed by atoms with van der Waals surface area (Å²) in [6, 6.07) is 0. The summed E-state index contributed by atoms with van der Waals surface area (Å²) in [5.41, 5.74) is -0.649. The Morgan fingerprint density at radius 3 is 2.93 bits per heavy atom. The van der Waals surface area contributed by atoms with Gasteiger partial charge in [-0.1, -0.05) is 31.4 Å². The molecule has 1 amide bonds. The standard InChI is InChI=1S/C9H15ClN2O2/c1-2-3-4-5-8(14)12-6-7(13)11-9(12)10/h6,9,11,13H,2-5H2,1H3. The van der Waals surface area contributed by atoms with E-state index in [1.165, 1.54) is 11.1 Å². The molecule has 2 N–H and O–H groups in total. The molecule has 80 valence electrons. The number of halogens is 1. The number of carbonyl (C=O) groups is 1.